The molecule has 2 N–H and O–H groups in total. The Hall–Kier alpha value is -2.82. The van der Waals surface area contributed by atoms with E-state index in [1.165, 1.54) is 11.6 Å². The quantitative estimate of drug-likeness (QED) is 0.857. The molecule has 1 amide bonds. The topological polar surface area (TPSA) is 79.5 Å². The molecule has 0 saturated heterocycles. The number of carboxylic acid groups (broad SMARTS) is 1. The van der Waals surface area contributed by atoms with Crippen LogP contribution in [0.3, 0.4) is 0 Å². The highest BCUT2D eigenvalue weighted by molar-refractivity contribution is 5.88. The lowest BCUT2D eigenvalue weighted by atomic mass is 10.1. The largest absolute Gasteiger partial charge is 0.478 e. The van der Waals surface area contributed by atoms with Gasteiger partial charge in [-0.15, -0.1) is 0 Å². The highest BCUT2D eigenvalue weighted by Crippen LogP contribution is 2.14. The van der Waals surface area contributed by atoms with Gasteiger partial charge in [0.15, 0.2) is 0 Å². The molecule has 0 saturated carbocycles. The first-order valence-corrected chi connectivity index (χ1v) is 7.28. The molecule has 1 heterocycles. The SMILES string of the molecule is Cc1ccc(/C=C/CC(=O)NCc2cc(C(=O)O)c(C)o2)cc1. The van der Waals surface area contributed by atoms with Gasteiger partial charge in [-0.1, -0.05) is 42.0 Å². The second kappa shape index (κ2) is 7.45. The van der Waals surface area contributed by atoms with Gasteiger partial charge >= 0.3 is 5.97 Å². The number of nitrogens with one attached hydrogen (secondary N) is 1. The molecule has 0 aliphatic heterocycles. The molecule has 1 aromatic heterocycles. The third kappa shape index (κ3) is 4.85. The number of hydrogen-bond acceptors (Lipinski definition) is 3. The molecule has 0 aliphatic rings. The van der Waals surface area contributed by atoms with Crippen molar-refractivity contribution in [2.45, 2.75) is 26.8 Å². The molecule has 0 spiro atoms. The normalized spacial score (nSPS) is 10.9. The van der Waals surface area contributed by atoms with E-state index in [1.807, 2.05) is 37.3 Å². The van der Waals surface area contributed by atoms with Gasteiger partial charge in [-0.2, -0.15) is 0 Å². The number of aryl methyl sites for hydroxylation is 2. The number of benzene rings is 1. The average Bonchev–Trinajstić information content (AvgIpc) is 2.88. The van der Waals surface area contributed by atoms with Gasteiger partial charge in [0, 0.05) is 6.42 Å². The van der Waals surface area contributed by atoms with Crippen molar-refractivity contribution >= 4 is 18.0 Å². The zero-order valence-electron chi connectivity index (χ0n) is 13.1. The van der Waals surface area contributed by atoms with E-state index in [9.17, 15) is 9.59 Å². The van der Waals surface area contributed by atoms with Crippen LogP contribution >= 0.6 is 0 Å². The maximum atomic E-state index is 11.8. The molecule has 0 bridgehead atoms. The Morgan fingerprint density at radius 3 is 2.52 bits per heavy atom. The summed E-state index contributed by atoms with van der Waals surface area (Å²) in [6.45, 7) is 3.78. The number of furan rings is 1. The third-order valence-corrected chi connectivity index (χ3v) is 3.35. The lowest BCUT2D eigenvalue weighted by molar-refractivity contribution is -0.120. The Labute approximate surface area is 134 Å². The fourth-order valence-corrected chi connectivity index (χ4v) is 2.08. The number of amides is 1. The Balaban J connectivity index is 1.82. The van der Waals surface area contributed by atoms with Crippen molar-refractivity contribution < 1.29 is 19.1 Å². The molecule has 2 aromatic rings. The van der Waals surface area contributed by atoms with E-state index in [1.54, 1.807) is 13.0 Å². The molecule has 5 heteroatoms. The van der Waals surface area contributed by atoms with Gasteiger partial charge in [0.25, 0.3) is 0 Å². The first kappa shape index (κ1) is 16.5. The Kier molecular flexibility index (Phi) is 5.36. The van der Waals surface area contributed by atoms with Crippen LogP contribution in [0.5, 0.6) is 0 Å². The second-order valence-corrected chi connectivity index (χ2v) is 5.28. The van der Waals surface area contributed by atoms with Gasteiger partial charge in [-0.05, 0) is 25.5 Å². The first-order valence-electron chi connectivity index (χ1n) is 7.28. The molecule has 1 aromatic carbocycles. The molecule has 2 rings (SSSR count). The summed E-state index contributed by atoms with van der Waals surface area (Å²) in [6.07, 6.45) is 3.92. The van der Waals surface area contributed by atoms with Gasteiger partial charge in [-0.3, -0.25) is 4.79 Å². The van der Waals surface area contributed by atoms with E-state index < -0.39 is 5.97 Å². The molecule has 120 valence electrons. The molecule has 0 unspecified atom stereocenters. The summed E-state index contributed by atoms with van der Waals surface area (Å²) >= 11 is 0. The van der Waals surface area contributed by atoms with Crippen LogP contribution in [-0.2, 0) is 11.3 Å². The molecule has 0 aliphatic carbocycles. The number of carboxylic acids is 1. The average molecular weight is 313 g/mol. The standard InChI is InChI=1S/C18H19NO4/c1-12-6-8-14(9-7-12)4-3-5-17(20)19-11-15-10-16(18(21)22)13(2)23-15/h3-4,6-10H,5,11H2,1-2H3,(H,19,20)(H,21,22)/b4-3+. The Bertz CT molecular complexity index is 726. The van der Waals surface area contributed by atoms with Crippen LogP contribution in [0.1, 0.15) is 39.4 Å². The van der Waals surface area contributed by atoms with Crippen molar-refractivity contribution in [2.75, 3.05) is 0 Å². The van der Waals surface area contributed by atoms with Crippen LogP contribution in [0.15, 0.2) is 40.8 Å². The Morgan fingerprint density at radius 2 is 1.91 bits per heavy atom. The van der Waals surface area contributed by atoms with Gasteiger partial charge in [0.2, 0.25) is 5.91 Å². The van der Waals surface area contributed by atoms with E-state index in [-0.39, 0.29) is 24.4 Å². The zero-order chi connectivity index (χ0) is 16.8. The Morgan fingerprint density at radius 1 is 1.22 bits per heavy atom. The molecule has 0 radical (unpaired) electrons. The van der Waals surface area contributed by atoms with Crippen LogP contribution in [0.4, 0.5) is 0 Å². The summed E-state index contributed by atoms with van der Waals surface area (Å²) in [7, 11) is 0. The van der Waals surface area contributed by atoms with Gasteiger partial charge < -0.3 is 14.8 Å². The zero-order valence-corrected chi connectivity index (χ0v) is 13.1. The summed E-state index contributed by atoms with van der Waals surface area (Å²) in [5.41, 5.74) is 2.35. The van der Waals surface area contributed by atoms with E-state index in [0.717, 1.165) is 5.56 Å². The minimum absolute atomic E-state index is 0.119. The van der Waals surface area contributed by atoms with E-state index >= 15 is 0 Å². The van der Waals surface area contributed by atoms with Crippen LogP contribution in [0, 0.1) is 13.8 Å². The number of hydrogen-bond donors (Lipinski definition) is 2. The lowest BCUT2D eigenvalue weighted by Gasteiger charge is -2.00. The third-order valence-electron chi connectivity index (χ3n) is 3.35. The number of carbonyl (C=O) groups is 2. The summed E-state index contributed by atoms with van der Waals surface area (Å²) in [4.78, 5) is 22.7. The predicted octanol–water partition coefficient (Wildman–Crippen LogP) is 3.31. The number of aromatic carboxylic acids is 1. The van der Waals surface area contributed by atoms with Crippen molar-refractivity contribution in [3.63, 3.8) is 0 Å². The van der Waals surface area contributed by atoms with Crippen molar-refractivity contribution in [2.24, 2.45) is 0 Å². The summed E-state index contributed by atoms with van der Waals surface area (Å²) in [5, 5.41) is 11.6. The second-order valence-electron chi connectivity index (χ2n) is 5.28. The lowest BCUT2D eigenvalue weighted by Crippen LogP contribution is -2.21. The number of carbonyl (C=O) groups excluding carboxylic acids is 1. The maximum Gasteiger partial charge on any atom is 0.339 e. The van der Waals surface area contributed by atoms with Crippen molar-refractivity contribution in [3.8, 4) is 0 Å². The smallest absolute Gasteiger partial charge is 0.339 e. The van der Waals surface area contributed by atoms with E-state index in [2.05, 4.69) is 5.32 Å². The minimum atomic E-state index is -1.04. The molecule has 0 atom stereocenters. The maximum absolute atomic E-state index is 11.8. The van der Waals surface area contributed by atoms with Crippen LogP contribution in [0.2, 0.25) is 0 Å². The van der Waals surface area contributed by atoms with Crippen LogP contribution in [0.25, 0.3) is 6.08 Å². The fraction of sp³-hybridized carbons (Fsp3) is 0.222. The van der Waals surface area contributed by atoms with Crippen molar-refractivity contribution in [1.82, 2.24) is 5.32 Å². The van der Waals surface area contributed by atoms with Crippen molar-refractivity contribution in [1.29, 1.82) is 0 Å². The minimum Gasteiger partial charge on any atom is -0.478 e. The molecule has 5 nitrogen and oxygen atoms in total. The highest BCUT2D eigenvalue weighted by atomic mass is 16.4. The summed E-state index contributed by atoms with van der Waals surface area (Å²) in [6, 6.07) is 9.43. The van der Waals surface area contributed by atoms with E-state index in [4.69, 9.17) is 9.52 Å². The van der Waals surface area contributed by atoms with Gasteiger partial charge in [0.1, 0.15) is 17.1 Å². The molecular formula is C18H19NO4. The summed E-state index contributed by atoms with van der Waals surface area (Å²) in [5.74, 6) is -0.430. The summed E-state index contributed by atoms with van der Waals surface area (Å²) < 4.78 is 5.30. The number of rotatable bonds is 6. The molecular weight excluding hydrogens is 294 g/mol. The fourth-order valence-electron chi connectivity index (χ4n) is 2.08. The van der Waals surface area contributed by atoms with Gasteiger partial charge in [-0.25, -0.2) is 4.79 Å². The predicted molar refractivity (Wildman–Crippen MR) is 87.1 cm³/mol. The van der Waals surface area contributed by atoms with Crippen LogP contribution in [-0.4, -0.2) is 17.0 Å². The van der Waals surface area contributed by atoms with Crippen molar-refractivity contribution in [3.05, 3.63) is 64.6 Å². The monoisotopic (exact) mass is 313 g/mol. The van der Waals surface area contributed by atoms with Gasteiger partial charge in [0.05, 0.1) is 6.54 Å². The molecule has 0 fully saturated rings. The molecule has 23 heavy (non-hydrogen) atoms. The van der Waals surface area contributed by atoms with E-state index in [0.29, 0.717) is 11.5 Å². The van der Waals surface area contributed by atoms with Crippen LogP contribution < -0.4 is 5.32 Å². The first-order chi connectivity index (χ1) is 11.0. The highest BCUT2D eigenvalue weighted by Gasteiger charge is 2.13.